The van der Waals surface area contributed by atoms with E-state index in [1.54, 1.807) is 0 Å². The zero-order valence-corrected chi connectivity index (χ0v) is 15.2. The van der Waals surface area contributed by atoms with E-state index in [1.165, 1.54) is 29.7 Å². The van der Waals surface area contributed by atoms with Crippen molar-refractivity contribution < 1.29 is 4.79 Å². The first-order chi connectivity index (χ1) is 10.9. The Bertz CT molecular complexity index is 812. The summed E-state index contributed by atoms with van der Waals surface area (Å²) < 4.78 is 3.09. The lowest BCUT2D eigenvalue weighted by atomic mass is 9.96. The van der Waals surface area contributed by atoms with Gasteiger partial charge >= 0.3 is 0 Å². The molecule has 0 N–H and O–H groups in total. The molecule has 122 valence electrons. The summed E-state index contributed by atoms with van der Waals surface area (Å²) >= 11 is 1.54. The molecule has 0 unspecified atom stereocenters. The first kappa shape index (κ1) is 17.5. The van der Waals surface area contributed by atoms with Gasteiger partial charge in [0.1, 0.15) is 0 Å². The lowest BCUT2D eigenvalue weighted by molar-refractivity contribution is -0.125. The molecule has 23 heavy (non-hydrogen) atoms. The first-order valence-electron chi connectivity index (χ1n) is 8.01. The summed E-state index contributed by atoms with van der Waals surface area (Å²) in [4.78, 5) is 17.3. The Morgan fingerprint density at radius 1 is 1.39 bits per heavy atom. The molecule has 1 aromatic carbocycles. The Labute approximate surface area is 142 Å². The van der Waals surface area contributed by atoms with Crippen molar-refractivity contribution in [1.82, 2.24) is 4.57 Å². The second-order valence-electron chi connectivity index (χ2n) is 6.75. The van der Waals surface area contributed by atoms with E-state index in [9.17, 15) is 4.79 Å². The number of carbonyl (C=O) groups is 1. The van der Waals surface area contributed by atoms with Gasteiger partial charge in [-0.2, -0.15) is 4.99 Å². The van der Waals surface area contributed by atoms with E-state index in [-0.39, 0.29) is 5.91 Å². The average Bonchev–Trinajstić information content (AvgIpc) is 2.81. The smallest absolute Gasteiger partial charge is 0.253 e. The standard InChI is InChI=1S/C19H24N2OS/c1-6-8-9-14-10-11-15-16(13-14)23-18(21(15)12-7-2)20-17(22)19(3,4)5/h2,10-11,13H,6,8-9,12H2,1,3-5H3. The summed E-state index contributed by atoms with van der Waals surface area (Å²) in [5.74, 6) is 2.54. The summed E-state index contributed by atoms with van der Waals surface area (Å²) in [5.41, 5.74) is 1.88. The second kappa shape index (κ2) is 7.14. The Morgan fingerprint density at radius 3 is 2.74 bits per heavy atom. The molecule has 1 amide bonds. The molecule has 1 aromatic heterocycles. The summed E-state index contributed by atoms with van der Waals surface area (Å²) in [6, 6.07) is 6.44. The molecule has 0 aliphatic heterocycles. The number of rotatable bonds is 4. The number of thiazole rings is 1. The molecular formula is C19H24N2OS. The number of aromatic nitrogens is 1. The van der Waals surface area contributed by atoms with Crippen molar-refractivity contribution in [3.05, 3.63) is 28.6 Å². The third-order valence-corrected chi connectivity index (χ3v) is 4.70. The highest BCUT2D eigenvalue weighted by atomic mass is 32.1. The van der Waals surface area contributed by atoms with Gasteiger partial charge in [-0.15, -0.1) is 6.42 Å². The fourth-order valence-corrected chi connectivity index (χ4v) is 3.33. The number of unbranched alkanes of at least 4 members (excludes halogenated alkanes) is 1. The zero-order valence-electron chi connectivity index (χ0n) is 14.3. The molecule has 0 saturated heterocycles. The van der Waals surface area contributed by atoms with Crippen LogP contribution in [-0.4, -0.2) is 10.5 Å². The van der Waals surface area contributed by atoms with Gasteiger partial charge in [-0.3, -0.25) is 4.79 Å². The van der Waals surface area contributed by atoms with Crippen LogP contribution in [0.15, 0.2) is 23.2 Å². The average molecular weight is 328 g/mol. The lowest BCUT2D eigenvalue weighted by Crippen LogP contribution is -2.23. The van der Waals surface area contributed by atoms with Gasteiger partial charge in [0.05, 0.1) is 16.8 Å². The molecule has 0 bridgehead atoms. The monoisotopic (exact) mass is 328 g/mol. The van der Waals surface area contributed by atoms with Crippen LogP contribution in [0, 0.1) is 17.8 Å². The number of fused-ring (bicyclic) bond motifs is 1. The van der Waals surface area contributed by atoms with Gasteiger partial charge < -0.3 is 4.57 Å². The van der Waals surface area contributed by atoms with Crippen LogP contribution in [0.3, 0.4) is 0 Å². The maximum atomic E-state index is 12.3. The quantitative estimate of drug-likeness (QED) is 0.776. The molecule has 0 radical (unpaired) electrons. The number of aryl methyl sites for hydroxylation is 1. The largest absolute Gasteiger partial charge is 0.305 e. The Balaban J connectivity index is 2.56. The molecule has 2 rings (SSSR count). The number of hydrogen-bond donors (Lipinski definition) is 0. The predicted octanol–water partition coefficient (Wildman–Crippen LogP) is 4.15. The van der Waals surface area contributed by atoms with Crippen LogP contribution < -0.4 is 4.80 Å². The van der Waals surface area contributed by atoms with Crippen LogP contribution >= 0.6 is 11.3 Å². The minimum absolute atomic E-state index is 0.124. The van der Waals surface area contributed by atoms with E-state index in [0.717, 1.165) is 16.6 Å². The number of hydrogen-bond acceptors (Lipinski definition) is 2. The van der Waals surface area contributed by atoms with Crippen LogP contribution in [0.4, 0.5) is 0 Å². The van der Waals surface area contributed by atoms with Crippen LogP contribution in [0.25, 0.3) is 10.2 Å². The summed E-state index contributed by atoms with van der Waals surface area (Å²) in [6.45, 7) is 8.24. The topological polar surface area (TPSA) is 34.4 Å². The van der Waals surface area contributed by atoms with E-state index < -0.39 is 5.41 Å². The number of terminal acetylenes is 1. The SMILES string of the molecule is C#CCn1c(=NC(=O)C(C)(C)C)sc2cc(CCCC)ccc21. The third kappa shape index (κ3) is 4.11. The van der Waals surface area contributed by atoms with Crippen LogP contribution in [0.2, 0.25) is 0 Å². The van der Waals surface area contributed by atoms with Crippen molar-refractivity contribution in [2.24, 2.45) is 10.4 Å². The van der Waals surface area contributed by atoms with E-state index >= 15 is 0 Å². The maximum absolute atomic E-state index is 12.3. The molecule has 0 aliphatic rings. The van der Waals surface area contributed by atoms with E-state index in [0.29, 0.717) is 11.3 Å². The fraction of sp³-hybridized carbons (Fsp3) is 0.474. The van der Waals surface area contributed by atoms with Crippen LogP contribution in [-0.2, 0) is 17.8 Å². The summed E-state index contributed by atoms with van der Waals surface area (Å²) in [6.07, 6.45) is 8.94. The molecule has 3 nitrogen and oxygen atoms in total. The highest BCUT2D eigenvalue weighted by Crippen LogP contribution is 2.21. The van der Waals surface area contributed by atoms with Crippen molar-refractivity contribution in [2.75, 3.05) is 0 Å². The molecule has 0 saturated carbocycles. The van der Waals surface area contributed by atoms with Crippen molar-refractivity contribution in [1.29, 1.82) is 0 Å². The second-order valence-corrected chi connectivity index (χ2v) is 7.76. The summed E-state index contributed by atoms with van der Waals surface area (Å²) in [7, 11) is 0. The number of benzene rings is 1. The van der Waals surface area contributed by atoms with Gasteiger partial charge in [0.25, 0.3) is 5.91 Å². The zero-order chi connectivity index (χ0) is 17.0. The van der Waals surface area contributed by atoms with Crippen molar-refractivity contribution in [3.8, 4) is 12.3 Å². The number of amides is 1. The van der Waals surface area contributed by atoms with Gasteiger partial charge in [-0.25, -0.2) is 0 Å². The minimum atomic E-state index is -0.490. The number of carbonyl (C=O) groups excluding carboxylic acids is 1. The molecule has 0 spiro atoms. The molecule has 0 aliphatic carbocycles. The van der Waals surface area contributed by atoms with Gasteiger partial charge in [0, 0.05) is 5.41 Å². The van der Waals surface area contributed by atoms with E-state index in [1.807, 2.05) is 25.3 Å². The lowest BCUT2D eigenvalue weighted by Gasteiger charge is -2.11. The molecule has 0 atom stereocenters. The molecule has 2 aromatic rings. The minimum Gasteiger partial charge on any atom is -0.305 e. The van der Waals surface area contributed by atoms with Gasteiger partial charge in [0.2, 0.25) is 0 Å². The Hall–Kier alpha value is -1.86. The van der Waals surface area contributed by atoms with E-state index in [4.69, 9.17) is 6.42 Å². The van der Waals surface area contributed by atoms with Crippen LogP contribution in [0.5, 0.6) is 0 Å². The van der Waals surface area contributed by atoms with Gasteiger partial charge in [-0.05, 0) is 30.5 Å². The normalized spacial score (nSPS) is 12.6. The maximum Gasteiger partial charge on any atom is 0.253 e. The molecule has 4 heteroatoms. The molecule has 1 heterocycles. The van der Waals surface area contributed by atoms with Crippen molar-refractivity contribution in [2.45, 2.75) is 53.5 Å². The van der Waals surface area contributed by atoms with Gasteiger partial charge in [0.15, 0.2) is 4.80 Å². The fourth-order valence-electron chi connectivity index (χ4n) is 2.24. The number of nitrogens with zero attached hydrogens (tertiary/aromatic N) is 2. The Kier molecular flexibility index (Phi) is 5.43. The molecule has 0 fully saturated rings. The van der Waals surface area contributed by atoms with Crippen molar-refractivity contribution in [3.63, 3.8) is 0 Å². The predicted molar refractivity (Wildman–Crippen MR) is 97.3 cm³/mol. The van der Waals surface area contributed by atoms with Gasteiger partial charge in [-0.1, -0.05) is 57.4 Å². The van der Waals surface area contributed by atoms with Crippen LogP contribution in [0.1, 0.15) is 46.1 Å². The van der Waals surface area contributed by atoms with E-state index in [2.05, 4.69) is 36.0 Å². The first-order valence-corrected chi connectivity index (χ1v) is 8.83. The Morgan fingerprint density at radius 2 is 2.13 bits per heavy atom. The highest BCUT2D eigenvalue weighted by Gasteiger charge is 2.21. The summed E-state index contributed by atoms with van der Waals surface area (Å²) in [5, 5.41) is 0. The third-order valence-electron chi connectivity index (χ3n) is 3.65. The van der Waals surface area contributed by atoms with Crippen molar-refractivity contribution >= 4 is 27.5 Å². The molecular weight excluding hydrogens is 304 g/mol. The highest BCUT2D eigenvalue weighted by molar-refractivity contribution is 7.16.